The summed E-state index contributed by atoms with van der Waals surface area (Å²) in [4.78, 5) is 12.0. The van der Waals surface area contributed by atoms with Crippen LogP contribution in [0.2, 0.25) is 0 Å². The van der Waals surface area contributed by atoms with Crippen LogP contribution in [-0.4, -0.2) is 67.9 Å². The number of nitrogens with two attached hydrogens (primary N) is 1. The van der Waals surface area contributed by atoms with Gasteiger partial charge >= 0.3 is 7.82 Å². The molecule has 0 radical (unpaired) electrons. The molecule has 2 aromatic rings. The fourth-order valence-electron chi connectivity index (χ4n) is 2.84. The van der Waals surface area contributed by atoms with E-state index in [1.54, 1.807) is 0 Å². The number of nitrogen functional groups attached to an aromatic ring is 1. The van der Waals surface area contributed by atoms with Gasteiger partial charge in [0.2, 0.25) is 0 Å². The Bertz CT molecular complexity index is 837. The second-order valence-electron chi connectivity index (χ2n) is 5.89. The number of ether oxygens (including phenoxy) is 1. The molecule has 142 valence electrons. The number of phosphoric acid groups is 1. The van der Waals surface area contributed by atoms with Gasteiger partial charge in [-0.25, -0.2) is 19.5 Å². The lowest BCUT2D eigenvalue weighted by atomic mass is 10.1. The Morgan fingerprint density at radius 2 is 2.04 bits per heavy atom. The number of imidazole rings is 1. The van der Waals surface area contributed by atoms with Crippen LogP contribution in [-0.2, 0) is 22.9 Å². The molecule has 2 saturated heterocycles. The van der Waals surface area contributed by atoms with Crippen molar-refractivity contribution >= 4 is 24.8 Å². The summed E-state index contributed by atoms with van der Waals surface area (Å²) in [6.07, 6.45) is -1.24. The highest BCUT2D eigenvalue weighted by atomic mass is 31.2. The van der Waals surface area contributed by atoms with Crippen LogP contribution in [0.3, 0.4) is 0 Å². The third-order valence-electron chi connectivity index (χ3n) is 4.18. The van der Waals surface area contributed by atoms with Crippen LogP contribution in [0.1, 0.15) is 12.6 Å². The lowest BCUT2D eigenvalue weighted by Gasteiger charge is -2.23. The number of rotatable bonds is 4. The number of aliphatic hydroxyl groups is 2. The molecule has 4 N–H and O–H groups in total. The lowest BCUT2D eigenvalue weighted by Crippen LogP contribution is -2.33. The predicted octanol–water partition coefficient (Wildman–Crippen LogP) is -0.411. The molecule has 2 aliphatic rings. The molecule has 2 fully saturated rings. The number of fused-ring (bicyclic) bond motifs is 1. The van der Waals surface area contributed by atoms with Gasteiger partial charge in [0, 0.05) is 0 Å². The Hall–Kier alpha value is -1.66. The monoisotopic (exact) mass is 387 g/mol. The summed E-state index contributed by atoms with van der Waals surface area (Å²) in [6.45, 7) is 0.243. The maximum Gasteiger partial charge on any atom is 0.474 e. The van der Waals surface area contributed by atoms with E-state index in [1.165, 1.54) is 17.2 Å². The molecule has 13 heteroatoms. The first-order chi connectivity index (χ1) is 12.5. The van der Waals surface area contributed by atoms with E-state index < -0.39 is 32.4 Å². The van der Waals surface area contributed by atoms with Crippen molar-refractivity contribution in [3.05, 3.63) is 12.7 Å². The molecule has 0 spiro atoms. The normalized spacial score (nSPS) is 31.5. The van der Waals surface area contributed by atoms with Gasteiger partial charge in [0.15, 0.2) is 17.7 Å². The molecule has 26 heavy (non-hydrogen) atoms. The van der Waals surface area contributed by atoms with E-state index in [0.717, 1.165) is 0 Å². The number of aliphatic hydroxyl groups excluding tert-OH is 2. The number of hydrogen-bond donors (Lipinski definition) is 3. The van der Waals surface area contributed by atoms with Gasteiger partial charge in [-0.05, 0) is 6.42 Å². The van der Waals surface area contributed by atoms with Crippen LogP contribution >= 0.6 is 7.82 Å². The molecule has 4 rings (SSSR count). The van der Waals surface area contributed by atoms with E-state index in [0.29, 0.717) is 17.6 Å². The highest BCUT2D eigenvalue weighted by Crippen LogP contribution is 2.52. The van der Waals surface area contributed by atoms with E-state index in [2.05, 4.69) is 15.0 Å². The highest BCUT2D eigenvalue weighted by Gasteiger charge is 2.45. The van der Waals surface area contributed by atoms with Crippen LogP contribution in [0.25, 0.3) is 11.2 Å². The van der Waals surface area contributed by atoms with Crippen molar-refractivity contribution in [3.63, 3.8) is 0 Å². The molecule has 0 saturated carbocycles. The Labute approximate surface area is 147 Å². The zero-order valence-corrected chi connectivity index (χ0v) is 14.4. The standard InChI is InChI=1S/C13H18N5O7P/c14-11-8-12(16-5-15-11)18(6-17-8)13-10(20)9(19)7(25-13)4-24-26(21)22-2-1-3-23-26/h5-7,9-10,13,19-20H,1-4H2,(H2,14,15,16)/t7-,9-,10+,13?/m1/s1. The number of nitrogens with zero attached hydrogens (tertiary/aromatic N) is 4. The summed E-state index contributed by atoms with van der Waals surface area (Å²) in [5.41, 5.74) is 6.45. The summed E-state index contributed by atoms with van der Waals surface area (Å²) in [5, 5.41) is 20.6. The first-order valence-corrected chi connectivity index (χ1v) is 9.43. The molecule has 0 aromatic carbocycles. The van der Waals surface area contributed by atoms with Gasteiger partial charge in [-0.1, -0.05) is 0 Å². The Kier molecular flexibility index (Phi) is 4.65. The van der Waals surface area contributed by atoms with Gasteiger partial charge in [0.05, 0.1) is 26.1 Å². The molecule has 4 heterocycles. The Balaban J connectivity index is 1.50. The second kappa shape index (κ2) is 6.82. The first-order valence-electron chi connectivity index (χ1n) is 7.97. The molecule has 1 unspecified atom stereocenters. The minimum atomic E-state index is -3.67. The van der Waals surface area contributed by atoms with Crippen molar-refractivity contribution in [1.29, 1.82) is 0 Å². The molecular formula is C13H18N5O7P. The maximum atomic E-state index is 12.2. The Morgan fingerprint density at radius 1 is 1.27 bits per heavy atom. The van der Waals surface area contributed by atoms with E-state index in [4.69, 9.17) is 24.0 Å². The fraction of sp³-hybridized carbons (Fsp3) is 0.615. The van der Waals surface area contributed by atoms with Crippen molar-refractivity contribution in [1.82, 2.24) is 19.5 Å². The van der Waals surface area contributed by atoms with E-state index in [9.17, 15) is 14.8 Å². The fourth-order valence-corrected chi connectivity index (χ4v) is 4.10. The van der Waals surface area contributed by atoms with Crippen molar-refractivity contribution in [2.45, 2.75) is 31.0 Å². The molecule has 12 nitrogen and oxygen atoms in total. The van der Waals surface area contributed by atoms with Gasteiger partial charge in [-0.15, -0.1) is 0 Å². The molecular weight excluding hydrogens is 369 g/mol. The minimum Gasteiger partial charge on any atom is -0.387 e. The average Bonchev–Trinajstić information content (AvgIpc) is 3.17. The summed E-state index contributed by atoms with van der Waals surface area (Å²) >= 11 is 0. The van der Waals surface area contributed by atoms with E-state index in [-0.39, 0.29) is 25.6 Å². The van der Waals surface area contributed by atoms with E-state index in [1.807, 2.05) is 0 Å². The maximum absolute atomic E-state index is 12.2. The van der Waals surface area contributed by atoms with Gasteiger partial charge in [-0.3, -0.25) is 18.1 Å². The van der Waals surface area contributed by atoms with Crippen LogP contribution in [0.4, 0.5) is 5.82 Å². The third kappa shape index (κ3) is 3.09. The summed E-state index contributed by atoms with van der Waals surface area (Å²) in [6, 6.07) is 0. The molecule has 0 aliphatic carbocycles. The van der Waals surface area contributed by atoms with Crippen molar-refractivity contribution in [3.8, 4) is 0 Å². The zero-order valence-electron chi connectivity index (χ0n) is 13.5. The average molecular weight is 387 g/mol. The number of phosphoric ester groups is 1. The number of aromatic nitrogens is 4. The van der Waals surface area contributed by atoms with Gasteiger partial charge in [0.1, 0.15) is 30.2 Å². The quantitative estimate of drug-likeness (QED) is 0.584. The smallest absolute Gasteiger partial charge is 0.387 e. The van der Waals surface area contributed by atoms with Crippen LogP contribution in [0.15, 0.2) is 12.7 Å². The number of hydrogen-bond acceptors (Lipinski definition) is 11. The van der Waals surface area contributed by atoms with Gasteiger partial charge in [-0.2, -0.15) is 0 Å². The Morgan fingerprint density at radius 3 is 2.81 bits per heavy atom. The number of anilines is 1. The van der Waals surface area contributed by atoms with Crippen molar-refractivity contribution < 1.29 is 33.1 Å². The van der Waals surface area contributed by atoms with Crippen LogP contribution in [0, 0.1) is 0 Å². The second-order valence-corrected chi connectivity index (χ2v) is 7.56. The largest absolute Gasteiger partial charge is 0.474 e. The summed E-state index contributed by atoms with van der Waals surface area (Å²) < 4.78 is 34.5. The third-order valence-corrected chi connectivity index (χ3v) is 5.65. The SMILES string of the molecule is Nc1ncnc2c1ncn2C1O[C@H](COP2(=O)OCCCO2)[C@@H](O)[C@@H]1O. The van der Waals surface area contributed by atoms with Gasteiger partial charge < -0.3 is 20.7 Å². The first kappa shape index (κ1) is 17.7. The molecule has 0 bridgehead atoms. The lowest BCUT2D eigenvalue weighted by molar-refractivity contribution is -0.0543. The zero-order chi connectivity index (χ0) is 18.3. The predicted molar refractivity (Wildman–Crippen MR) is 85.7 cm³/mol. The van der Waals surface area contributed by atoms with E-state index >= 15 is 0 Å². The van der Waals surface area contributed by atoms with Crippen LogP contribution in [0.5, 0.6) is 0 Å². The molecule has 2 aliphatic heterocycles. The van der Waals surface area contributed by atoms with Gasteiger partial charge in [0.25, 0.3) is 0 Å². The summed E-state index contributed by atoms with van der Waals surface area (Å²) in [7, 11) is -3.67. The summed E-state index contributed by atoms with van der Waals surface area (Å²) in [5.74, 6) is 0.186. The van der Waals surface area contributed by atoms with Crippen molar-refractivity contribution in [2.24, 2.45) is 0 Å². The molecule has 4 atom stereocenters. The molecule has 0 amide bonds. The highest BCUT2D eigenvalue weighted by molar-refractivity contribution is 7.48. The van der Waals surface area contributed by atoms with Crippen LogP contribution < -0.4 is 5.73 Å². The van der Waals surface area contributed by atoms with Crippen molar-refractivity contribution in [2.75, 3.05) is 25.6 Å². The molecule has 2 aromatic heterocycles. The minimum absolute atomic E-state index is 0.186. The topological polar surface area (TPSA) is 164 Å².